The highest BCUT2D eigenvalue weighted by atomic mass is 16.5. The van der Waals surface area contributed by atoms with Gasteiger partial charge in [-0.15, -0.1) is 0 Å². The first kappa shape index (κ1) is 29.1. The summed E-state index contributed by atoms with van der Waals surface area (Å²) in [6.07, 6.45) is 3.99. The van der Waals surface area contributed by atoms with E-state index in [2.05, 4.69) is 9.97 Å². The van der Waals surface area contributed by atoms with E-state index in [-0.39, 0.29) is 24.8 Å². The Labute approximate surface area is 249 Å². The molecule has 0 amide bonds. The van der Waals surface area contributed by atoms with Crippen molar-refractivity contribution in [1.82, 2.24) is 15.0 Å². The summed E-state index contributed by atoms with van der Waals surface area (Å²) in [6, 6.07) is 20.4. The third kappa shape index (κ3) is 6.43. The van der Waals surface area contributed by atoms with Crippen molar-refractivity contribution < 1.29 is 33.2 Å². The molecule has 0 saturated carbocycles. The number of hydrogen-bond acceptors (Lipinski definition) is 10. The molecule has 3 aromatic heterocycles. The molecule has 0 unspecified atom stereocenters. The number of carbonyl (C=O) groups is 1. The lowest BCUT2D eigenvalue weighted by Gasteiger charge is -2.19. The maximum atomic E-state index is 13.2. The molecule has 5 rings (SSSR count). The number of nitrogens with zero attached hydrogens (tertiary/aromatic N) is 3. The van der Waals surface area contributed by atoms with E-state index in [1.54, 1.807) is 24.5 Å². The van der Waals surface area contributed by atoms with Gasteiger partial charge in [-0.2, -0.15) is 0 Å². The largest absolute Gasteiger partial charge is 0.493 e. The van der Waals surface area contributed by atoms with E-state index in [0.717, 1.165) is 11.4 Å². The summed E-state index contributed by atoms with van der Waals surface area (Å²) in [5, 5.41) is 1.32. The summed E-state index contributed by atoms with van der Waals surface area (Å²) in [5.74, 6) is 1.47. The lowest BCUT2D eigenvalue weighted by atomic mass is 9.96. The predicted molar refractivity (Wildman–Crippen MR) is 160 cm³/mol. The van der Waals surface area contributed by atoms with Gasteiger partial charge in [0.1, 0.15) is 12.4 Å². The van der Waals surface area contributed by atoms with E-state index in [4.69, 9.17) is 33.4 Å². The molecular weight excluding hydrogens is 550 g/mol. The molecule has 0 saturated heterocycles. The number of carbonyl (C=O) groups excluding carboxylic acids is 1. The second kappa shape index (κ2) is 13.5. The minimum Gasteiger partial charge on any atom is -0.493 e. The zero-order chi connectivity index (χ0) is 30.2. The number of fused-ring (bicyclic) bond motifs is 1. The fourth-order valence-electron chi connectivity index (χ4n) is 4.66. The average molecular weight is 582 g/mol. The molecule has 0 radical (unpaired) electrons. The van der Waals surface area contributed by atoms with Crippen molar-refractivity contribution in [2.24, 2.45) is 0 Å². The Hall–Kier alpha value is -5.38. The normalized spacial score (nSPS) is 10.7. The van der Waals surface area contributed by atoms with Crippen LogP contribution in [0, 0.1) is 0 Å². The number of methoxy groups -OCH3 is 4. The van der Waals surface area contributed by atoms with E-state index >= 15 is 0 Å². The Bertz CT molecular complexity index is 1690. The van der Waals surface area contributed by atoms with Crippen LogP contribution in [0.15, 0.2) is 79.1 Å². The molecule has 0 aliphatic carbocycles. The van der Waals surface area contributed by atoms with Gasteiger partial charge in [-0.3, -0.25) is 9.97 Å². The summed E-state index contributed by atoms with van der Waals surface area (Å²) in [4.78, 5) is 26.6. The molecule has 10 nitrogen and oxygen atoms in total. The second-order valence-corrected chi connectivity index (χ2v) is 9.28. The van der Waals surface area contributed by atoms with Crippen LogP contribution in [0.5, 0.6) is 28.9 Å². The lowest BCUT2D eigenvalue weighted by molar-refractivity contribution is 0.0594. The first-order chi connectivity index (χ1) is 21.1. The number of aromatic nitrogens is 3. The van der Waals surface area contributed by atoms with Gasteiger partial charge in [-0.1, -0.05) is 12.1 Å². The Morgan fingerprint density at radius 1 is 0.744 bits per heavy atom. The Morgan fingerprint density at radius 2 is 1.44 bits per heavy atom. The molecule has 43 heavy (non-hydrogen) atoms. The van der Waals surface area contributed by atoms with Crippen molar-refractivity contribution in [2.75, 3.05) is 35.0 Å². The fourth-order valence-corrected chi connectivity index (χ4v) is 4.66. The number of pyridine rings is 3. The van der Waals surface area contributed by atoms with Crippen LogP contribution in [-0.2, 0) is 17.8 Å². The molecule has 0 fully saturated rings. The van der Waals surface area contributed by atoms with E-state index in [1.807, 2.05) is 54.6 Å². The molecule has 10 heteroatoms. The first-order valence-corrected chi connectivity index (χ1v) is 13.5. The number of rotatable bonds is 12. The summed E-state index contributed by atoms with van der Waals surface area (Å²) in [7, 11) is 5.90. The van der Waals surface area contributed by atoms with E-state index in [9.17, 15) is 4.79 Å². The molecule has 3 heterocycles. The highest BCUT2D eigenvalue weighted by Crippen LogP contribution is 2.45. The predicted octanol–water partition coefficient (Wildman–Crippen LogP) is 5.70. The van der Waals surface area contributed by atoms with Crippen LogP contribution in [0.1, 0.15) is 21.9 Å². The number of ether oxygens (including phenoxy) is 6. The summed E-state index contributed by atoms with van der Waals surface area (Å²) in [5.41, 5.74) is 2.84. The summed E-state index contributed by atoms with van der Waals surface area (Å²) < 4.78 is 34.1. The standard InChI is InChI=1S/C33H31N3O7/c1-38-27-17-21(18-28(39-2)31(27)40-3)29-25-12-11-24(43-20-23-10-6-8-15-35-23)19-26(25)32(36-30(29)33(37)41-4)42-16-13-22-9-5-7-14-34-22/h5-12,14-15,17-19H,13,16,20H2,1-4H3. The van der Waals surface area contributed by atoms with Crippen molar-refractivity contribution in [3.05, 3.63) is 96.2 Å². The van der Waals surface area contributed by atoms with E-state index < -0.39 is 5.97 Å². The second-order valence-electron chi connectivity index (χ2n) is 9.28. The lowest BCUT2D eigenvalue weighted by Crippen LogP contribution is -2.11. The molecule has 0 atom stereocenters. The highest BCUT2D eigenvalue weighted by molar-refractivity contribution is 6.08. The molecule has 0 bridgehead atoms. The number of hydrogen-bond donors (Lipinski definition) is 0. The smallest absolute Gasteiger partial charge is 0.357 e. The van der Waals surface area contributed by atoms with Crippen LogP contribution in [0.4, 0.5) is 0 Å². The Morgan fingerprint density at radius 3 is 2.05 bits per heavy atom. The van der Waals surface area contributed by atoms with Gasteiger partial charge in [0.15, 0.2) is 17.2 Å². The van der Waals surface area contributed by atoms with Gasteiger partial charge >= 0.3 is 5.97 Å². The van der Waals surface area contributed by atoms with Crippen LogP contribution in [0.2, 0.25) is 0 Å². The van der Waals surface area contributed by atoms with Crippen LogP contribution in [-0.4, -0.2) is 56.0 Å². The highest BCUT2D eigenvalue weighted by Gasteiger charge is 2.25. The molecule has 0 spiro atoms. The van der Waals surface area contributed by atoms with E-state index in [0.29, 0.717) is 51.3 Å². The van der Waals surface area contributed by atoms with Crippen molar-refractivity contribution in [1.29, 1.82) is 0 Å². The third-order valence-corrected chi connectivity index (χ3v) is 6.71. The van der Waals surface area contributed by atoms with Crippen molar-refractivity contribution in [2.45, 2.75) is 13.0 Å². The molecule has 5 aromatic rings. The monoisotopic (exact) mass is 581 g/mol. The van der Waals surface area contributed by atoms with Gasteiger partial charge in [-0.25, -0.2) is 9.78 Å². The molecular formula is C33H31N3O7. The van der Waals surface area contributed by atoms with Gasteiger partial charge in [0.2, 0.25) is 11.6 Å². The molecule has 0 aliphatic rings. The fraction of sp³-hybridized carbons (Fsp3) is 0.212. The maximum absolute atomic E-state index is 13.2. The molecule has 220 valence electrons. The summed E-state index contributed by atoms with van der Waals surface area (Å²) >= 11 is 0. The van der Waals surface area contributed by atoms with Crippen LogP contribution in [0.25, 0.3) is 21.9 Å². The van der Waals surface area contributed by atoms with Crippen LogP contribution >= 0.6 is 0 Å². The van der Waals surface area contributed by atoms with Gasteiger partial charge in [0.25, 0.3) is 0 Å². The van der Waals surface area contributed by atoms with Crippen LogP contribution in [0.3, 0.4) is 0 Å². The Balaban J connectivity index is 1.65. The zero-order valence-corrected chi connectivity index (χ0v) is 24.3. The zero-order valence-electron chi connectivity index (χ0n) is 24.3. The number of esters is 1. The van der Waals surface area contributed by atoms with Gasteiger partial charge in [-0.05, 0) is 65.5 Å². The van der Waals surface area contributed by atoms with Crippen molar-refractivity contribution in [3.63, 3.8) is 0 Å². The maximum Gasteiger partial charge on any atom is 0.357 e. The van der Waals surface area contributed by atoms with Crippen LogP contribution < -0.4 is 23.7 Å². The van der Waals surface area contributed by atoms with Crippen molar-refractivity contribution >= 4 is 16.7 Å². The first-order valence-electron chi connectivity index (χ1n) is 13.5. The molecule has 0 N–H and O–H groups in total. The van der Waals surface area contributed by atoms with Gasteiger partial charge < -0.3 is 28.4 Å². The van der Waals surface area contributed by atoms with Gasteiger partial charge in [0.05, 0.1) is 40.7 Å². The molecule has 2 aromatic carbocycles. The Kier molecular flexibility index (Phi) is 9.16. The topological polar surface area (TPSA) is 111 Å². The quantitative estimate of drug-likeness (QED) is 0.170. The number of benzene rings is 2. The average Bonchev–Trinajstić information content (AvgIpc) is 3.06. The third-order valence-electron chi connectivity index (χ3n) is 6.71. The van der Waals surface area contributed by atoms with Crippen molar-refractivity contribution in [3.8, 4) is 40.0 Å². The van der Waals surface area contributed by atoms with Gasteiger partial charge in [0, 0.05) is 35.5 Å². The minimum atomic E-state index is -0.629. The SMILES string of the molecule is COC(=O)c1nc(OCCc2ccccn2)c2cc(OCc3ccccn3)ccc2c1-c1cc(OC)c(OC)c(OC)c1. The molecule has 0 aliphatic heterocycles. The summed E-state index contributed by atoms with van der Waals surface area (Å²) in [6.45, 7) is 0.553. The van der Waals surface area contributed by atoms with E-state index in [1.165, 1.54) is 28.4 Å². The minimum absolute atomic E-state index is 0.0688.